The van der Waals surface area contributed by atoms with Gasteiger partial charge in [0.1, 0.15) is 12.6 Å². The van der Waals surface area contributed by atoms with Gasteiger partial charge in [-0.15, -0.1) is 0 Å². The Morgan fingerprint density at radius 3 is 2.00 bits per heavy atom. The summed E-state index contributed by atoms with van der Waals surface area (Å²) in [5.74, 6) is -1.87. The van der Waals surface area contributed by atoms with Crippen molar-refractivity contribution < 1.29 is 29.6 Å². The van der Waals surface area contributed by atoms with E-state index in [4.69, 9.17) is 4.74 Å². The zero-order chi connectivity index (χ0) is 22.2. The number of aromatic hydroxyl groups is 2. The first-order chi connectivity index (χ1) is 14.9. The number of benzene rings is 3. The average Bonchev–Trinajstić information content (AvgIpc) is 2.78. The third kappa shape index (κ3) is 5.99. The Kier molecular flexibility index (Phi) is 7.11. The van der Waals surface area contributed by atoms with Crippen molar-refractivity contribution >= 4 is 12.1 Å². The fourth-order valence-electron chi connectivity index (χ4n) is 3.13. The molecule has 3 rings (SSSR count). The smallest absolute Gasteiger partial charge is 0.411 e. The number of rotatable bonds is 8. The van der Waals surface area contributed by atoms with E-state index in [0.29, 0.717) is 5.56 Å². The summed E-state index contributed by atoms with van der Waals surface area (Å²) in [6.45, 7) is 0.0484. The van der Waals surface area contributed by atoms with E-state index < -0.39 is 18.1 Å². The Labute approximate surface area is 179 Å². The van der Waals surface area contributed by atoms with E-state index in [1.165, 1.54) is 18.2 Å². The summed E-state index contributed by atoms with van der Waals surface area (Å²) < 4.78 is 5.41. The molecular weight excluding hydrogens is 398 g/mol. The molecule has 3 aromatic carbocycles. The van der Waals surface area contributed by atoms with E-state index >= 15 is 0 Å². The summed E-state index contributed by atoms with van der Waals surface area (Å²) in [4.78, 5) is 26.2. The van der Waals surface area contributed by atoms with Gasteiger partial charge in [0.2, 0.25) is 0 Å². The van der Waals surface area contributed by atoms with Crippen LogP contribution in [0.3, 0.4) is 0 Å². The summed E-state index contributed by atoms with van der Waals surface area (Å²) >= 11 is 0. The molecule has 0 saturated carbocycles. The lowest BCUT2D eigenvalue weighted by Crippen LogP contribution is -2.46. The number of carbonyl (C=O) groups is 2. The number of carboxylic acids is 1. The topological polar surface area (TPSA) is 107 Å². The summed E-state index contributed by atoms with van der Waals surface area (Å²) in [5, 5.41) is 29.1. The second-order valence-corrected chi connectivity index (χ2v) is 7.03. The first-order valence-electron chi connectivity index (χ1n) is 9.69. The highest BCUT2D eigenvalue weighted by atomic mass is 16.6. The Morgan fingerprint density at radius 2 is 1.42 bits per heavy atom. The lowest BCUT2D eigenvalue weighted by atomic mass is 10.0. The van der Waals surface area contributed by atoms with Crippen molar-refractivity contribution in [2.24, 2.45) is 0 Å². The molecule has 31 heavy (non-hydrogen) atoms. The van der Waals surface area contributed by atoms with Gasteiger partial charge >= 0.3 is 12.1 Å². The molecule has 0 heterocycles. The van der Waals surface area contributed by atoms with Crippen LogP contribution in [-0.2, 0) is 29.1 Å². The molecule has 0 aromatic heterocycles. The maximum atomic E-state index is 12.9. The van der Waals surface area contributed by atoms with Crippen molar-refractivity contribution in [1.29, 1.82) is 0 Å². The number of aliphatic carboxylic acids is 1. The Morgan fingerprint density at radius 1 is 0.806 bits per heavy atom. The molecule has 0 aliphatic carbocycles. The highest BCUT2D eigenvalue weighted by molar-refractivity contribution is 5.80. The maximum absolute atomic E-state index is 12.9. The zero-order valence-corrected chi connectivity index (χ0v) is 16.7. The molecule has 1 unspecified atom stereocenters. The molecule has 7 heteroatoms. The SMILES string of the molecule is O=C(O)C(Cc1ccc(O)c(O)c1)N(Cc1ccccc1)C(=O)OCc1ccccc1. The van der Waals surface area contributed by atoms with Gasteiger partial charge in [-0.3, -0.25) is 4.90 Å². The number of hydrogen-bond acceptors (Lipinski definition) is 5. The second-order valence-electron chi connectivity index (χ2n) is 7.03. The average molecular weight is 421 g/mol. The monoisotopic (exact) mass is 421 g/mol. The van der Waals surface area contributed by atoms with Crippen molar-refractivity contribution in [1.82, 2.24) is 4.90 Å². The normalized spacial score (nSPS) is 11.5. The molecule has 0 bridgehead atoms. The highest BCUT2D eigenvalue weighted by Crippen LogP contribution is 2.26. The fourth-order valence-corrected chi connectivity index (χ4v) is 3.13. The molecule has 0 saturated heterocycles. The minimum absolute atomic E-state index is 0.0112. The van der Waals surface area contributed by atoms with Gasteiger partial charge in [0, 0.05) is 13.0 Å². The van der Waals surface area contributed by atoms with Crippen LogP contribution in [0.4, 0.5) is 4.79 Å². The van der Waals surface area contributed by atoms with Gasteiger partial charge < -0.3 is 20.1 Å². The van der Waals surface area contributed by atoms with Gasteiger partial charge in [-0.25, -0.2) is 9.59 Å². The van der Waals surface area contributed by atoms with Gasteiger partial charge in [0.05, 0.1) is 0 Å². The summed E-state index contributed by atoms with van der Waals surface area (Å²) in [5.41, 5.74) is 1.99. The number of carboxylic acid groups (broad SMARTS) is 1. The van der Waals surface area contributed by atoms with Crippen LogP contribution in [0.2, 0.25) is 0 Å². The molecule has 7 nitrogen and oxygen atoms in total. The third-order valence-corrected chi connectivity index (χ3v) is 4.77. The molecule has 3 aromatic rings. The van der Waals surface area contributed by atoms with Crippen LogP contribution in [0.5, 0.6) is 11.5 Å². The number of nitrogens with zero attached hydrogens (tertiary/aromatic N) is 1. The third-order valence-electron chi connectivity index (χ3n) is 4.77. The molecule has 160 valence electrons. The van der Waals surface area contributed by atoms with Crippen molar-refractivity contribution in [3.8, 4) is 11.5 Å². The lowest BCUT2D eigenvalue weighted by molar-refractivity contribution is -0.143. The fraction of sp³-hybridized carbons (Fsp3) is 0.167. The van der Waals surface area contributed by atoms with Crippen molar-refractivity contribution in [2.75, 3.05) is 0 Å². The summed E-state index contributed by atoms with van der Waals surface area (Å²) in [6.07, 6.45) is -0.834. The molecule has 0 aliphatic heterocycles. The van der Waals surface area contributed by atoms with Crippen molar-refractivity contribution in [3.05, 3.63) is 95.6 Å². The largest absolute Gasteiger partial charge is 0.504 e. The molecule has 0 aliphatic rings. The number of phenolic OH excluding ortho intramolecular Hbond substituents is 2. The number of amides is 1. The van der Waals surface area contributed by atoms with Gasteiger partial charge in [-0.2, -0.15) is 0 Å². The Balaban J connectivity index is 1.84. The van der Waals surface area contributed by atoms with Crippen molar-refractivity contribution in [3.63, 3.8) is 0 Å². The minimum atomic E-state index is -1.24. The van der Waals surface area contributed by atoms with E-state index in [1.54, 1.807) is 24.3 Å². The molecule has 0 radical (unpaired) electrons. The predicted molar refractivity (Wildman–Crippen MR) is 114 cm³/mol. The van der Waals surface area contributed by atoms with E-state index in [9.17, 15) is 24.9 Å². The predicted octanol–water partition coefficient (Wildman–Crippen LogP) is 3.93. The Bertz CT molecular complexity index is 1020. The molecule has 0 fully saturated rings. The van der Waals surface area contributed by atoms with E-state index in [2.05, 4.69) is 0 Å². The number of ether oxygens (including phenoxy) is 1. The molecule has 1 amide bonds. The summed E-state index contributed by atoms with van der Waals surface area (Å²) in [6, 6.07) is 20.9. The quantitative estimate of drug-likeness (QED) is 0.476. The number of phenols is 2. The Hall–Kier alpha value is -4.00. The molecule has 3 N–H and O–H groups in total. The summed E-state index contributed by atoms with van der Waals surface area (Å²) in [7, 11) is 0. The highest BCUT2D eigenvalue weighted by Gasteiger charge is 2.31. The first kappa shape index (κ1) is 21.7. The van der Waals surface area contributed by atoms with Crippen molar-refractivity contribution in [2.45, 2.75) is 25.6 Å². The maximum Gasteiger partial charge on any atom is 0.411 e. The van der Waals surface area contributed by atoms with Crippen LogP contribution in [-0.4, -0.2) is 38.3 Å². The molecular formula is C24H23NO6. The van der Waals surface area contributed by atoms with Gasteiger partial charge in [0.25, 0.3) is 0 Å². The minimum Gasteiger partial charge on any atom is -0.504 e. The zero-order valence-electron chi connectivity index (χ0n) is 16.7. The van der Waals surface area contributed by atoms with Gasteiger partial charge in [-0.05, 0) is 28.8 Å². The number of hydrogen-bond donors (Lipinski definition) is 3. The van der Waals surface area contributed by atoms with Crippen LogP contribution in [0.15, 0.2) is 78.9 Å². The molecule has 1 atom stereocenters. The second kappa shape index (κ2) is 10.2. The van der Waals surface area contributed by atoms with Gasteiger partial charge in [0.15, 0.2) is 11.5 Å². The standard InChI is InChI=1S/C24H23NO6/c26-21-12-11-19(14-22(21)27)13-20(23(28)29)25(15-17-7-3-1-4-8-17)24(30)31-16-18-9-5-2-6-10-18/h1-12,14,20,26-27H,13,15-16H2,(H,28,29). The van der Waals surface area contributed by atoms with Gasteiger partial charge in [-0.1, -0.05) is 66.7 Å². The van der Waals surface area contributed by atoms with Crippen LogP contribution < -0.4 is 0 Å². The van der Waals surface area contributed by atoms with Crippen LogP contribution in [0.25, 0.3) is 0 Å². The van der Waals surface area contributed by atoms with Crippen LogP contribution in [0, 0.1) is 0 Å². The van der Waals surface area contributed by atoms with E-state index in [1.807, 2.05) is 36.4 Å². The molecule has 0 spiro atoms. The van der Waals surface area contributed by atoms with E-state index in [0.717, 1.165) is 16.0 Å². The first-order valence-corrected chi connectivity index (χ1v) is 9.69. The van der Waals surface area contributed by atoms with Crippen LogP contribution >= 0.6 is 0 Å². The van der Waals surface area contributed by atoms with Crippen LogP contribution in [0.1, 0.15) is 16.7 Å². The lowest BCUT2D eigenvalue weighted by Gasteiger charge is -2.28. The van der Waals surface area contributed by atoms with E-state index in [-0.39, 0.29) is 31.1 Å². The number of carbonyl (C=O) groups excluding carboxylic acids is 1.